The van der Waals surface area contributed by atoms with Gasteiger partial charge in [0, 0.05) is 30.6 Å². The average molecular weight is 270 g/mol. The van der Waals surface area contributed by atoms with Crippen LogP contribution in [-0.2, 0) is 0 Å². The van der Waals surface area contributed by atoms with Gasteiger partial charge in [-0.15, -0.1) is 0 Å². The predicted octanol–water partition coefficient (Wildman–Crippen LogP) is 3.05. The van der Waals surface area contributed by atoms with Gasteiger partial charge in [0.15, 0.2) is 0 Å². The Morgan fingerprint density at radius 2 is 1.90 bits per heavy atom. The maximum Gasteiger partial charge on any atom is 0.0198 e. The second-order valence-electron chi connectivity index (χ2n) is 7.02. The van der Waals surface area contributed by atoms with Crippen molar-refractivity contribution in [2.45, 2.75) is 62.6 Å². The van der Waals surface area contributed by atoms with Gasteiger partial charge in [0.25, 0.3) is 0 Å². The van der Waals surface area contributed by atoms with Crippen LogP contribution in [0.25, 0.3) is 0 Å². The van der Waals surface area contributed by atoms with Crippen LogP contribution in [0.5, 0.6) is 0 Å². The fourth-order valence-corrected chi connectivity index (χ4v) is 4.37. The van der Waals surface area contributed by atoms with Crippen molar-refractivity contribution in [3.63, 3.8) is 0 Å². The summed E-state index contributed by atoms with van der Waals surface area (Å²) >= 11 is 0. The molecule has 2 heteroatoms. The molecule has 1 heterocycles. The van der Waals surface area contributed by atoms with E-state index in [0.29, 0.717) is 0 Å². The molecule has 2 N–H and O–H groups in total. The summed E-state index contributed by atoms with van der Waals surface area (Å²) in [6.45, 7) is 1.17. The van der Waals surface area contributed by atoms with Crippen molar-refractivity contribution in [1.82, 2.24) is 10.6 Å². The lowest BCUT2D eigenvalue weighted by Crippen LogP contribution is -2.39. The Kier molecular flexibility index (Phi) is 3.53. The molecule has 4 rings (SSSR count). The number of rotatable bonds is 4. The molecule has 2 aliphatic carbocycles. The number of nitrogens with one attached hydrogen (secondary N) is 2. The summed E-state index contributed by atoms with van der Waals surface area (Å²) in [5.41, 5.74) is 1.51. The van der Waals surface area contributed by atoms with Crippen molar-refractivity contribution < 1.29 is 0 Å². The maximum atomic E-state index is 3.87. The lowest BCUT2D eigenvalue weighted by atomic mass is 9.85. The minimum atomic E-state index is 0.722. The number of hydrogen-bond acceptors (Lipinski definition) is 2. The van der Waals surface area contributed by atoms with Crippen molar-refractivity contribution in [3.8, 4) is 0 Å². The van der Waals surface area contributed by atoms with Crippen LogP contribution < -0.4 is 10.6 Å². The van der Waals surface area contributed by atoms with E-state index in [1.807, 2.05) is 0 Å². The summed E-state index contributed by atoms with van der Waals surface area (Å²) in [5, 5.41) is 7.66. The molecule has 0 bridgehead atoms. The Balaban J connectivity index is 1.24. The molecule has 108 valence electrons. The minimum absolute atomic E-state index is 0.722. The summed E-state index contributed by atoms with van der Waals surface area (Å²) < 4.78 is 0. The van der Waals surface area contributed by atoms with Gasteiger partial charge in [-0.05, 0) is 37.2 Å². The van der Waals surface area contributed by atoms with Crippen LogP contribution in [0, 0.1) is 5.92 Å². The Labute approximate surface area is 122 Å². The lowest BCUT2D eigenvalue weighted by Gasteiger charge is -2.24. The van der Waals surface area contributed by atoms with E-state index in [1.165, 1.54) is 50.6 Å². The highest BCUT2D eigenvalue weighted by molar-refractivity contribution is 5.27. The van der Waals surface area contributed by atoms with Gasteiger partial charge in [0.2, 0.25) is 0 Å². The highest BCUT2D eigenvalue weighted by Crippen LogP contribution is 2.41. The predicted molar refractivity (Wildman–Crippen MR) is 82.9 cm³/mol. The van der Waals surface area contributed by atoms with E-state index < -0.39 is 0 Å². The van der Waals surface area contributed by atoms with E-state index in [4.69, 9.17) is 0 Å². The topological polar surface area (TPSA) is 24.1 Å². The smallest absolute Gasteiger partial charge is 0.0198 e. The quantitative estimate of drug-likeness (QED) is 0.878. The molecule has 0 amide bonds. The Morgan fingerprint density at radius 3 is 2.75 bits per heavy atom. The fraction of sp³-hybridized carbons (Fsp3) is 0.667. The van der Waals surface area contributed by atoms with Gasteiger partial charge in [0.1, 0.15) is 0 Å². The Bertz CT molecular complexity index is 430. The number of benzene rings is 1. The van der Waals surface area contributed by atoms with E-state index in [0.717, 1.165) is 30.0 Å². The zero-order valence-corrected chi connectivity index (χ0v) is 12.2. The van der Waals surface area contributed by atoms with Crippen LogP contribution in [0.3, 0.4) is 0 Å². The molecule has 2 nitrogen and oxygen atoms in total. The second-order valence-corrected chi connectivity index (χ2v) is 7.02. The molecule has 5 atom stereocenters. The van der Waals surface area contributed by atoms with Crippen LogP contribution in [0.1, 0.15) is 50.0 Å². The van der Waals surface area contributed by atoms with Gasteiger partial charge >= 0.3 is 0 Å². The second kappa shape index (κ2) is 5.50. The zero-order chi connectivity index (χ0) is 13.4. The van der Waals surface area contributed by atoms with Crippen LogP contribution in [0.15, 0.2) is 30.3 Å². The number of hydrogen-bond donors (Lipinski definition) is 2. The van der Waals surface area contributed by atoms with Gasteiger partial charge in [-0.25, -0.2) is 0 Å². The third kappa shape index (κ3) is 2.64. The lowest BCUT2D eigenvalue weighted by molar-refractivity contribution is 0.325. The summed E-state index contributed by atoms with van der Waals surface area (Å²) in [5.74, 6) is 1.74. The molecule has 5 unspecified atom stereocenters. The molecule has 1 aromatic rings. The molecule has 3 aliphatic rings. The van der Waals surface area contributed by atoms with Crippen molar-refractivity contribution in [1.29, 1.82) is 0 Å². The number of fused-ring (bicyclic) bond motifs is 1. The summed E-state index contributed by atoms with van der Waals surface area (Å²) in [7, 11) is 0. The van der Waals surface area contributed by atoms with E-state index in [1.54, 1.807) is 0 Å². The van der Waals surface area contributed by atoms with E-state index in [9.17, 15) is 0 Å². The Hall–Kier alpha value is -0.860. The zero-order valence-electron chi connectivity index (χ0n) is 12.2. The molecule has 1 saturated heterocycles. The molecule has 20 heavy (non-hydrogen) atoms. The highest BCUT2D eigenvalue weighted by Gasteiger charge is 2.40. The van der Waals surface area contributed by atoms with Gasteiger partial charge in [0.05, 0.1) is 0 Å². The van der Waals surface area contributed by atoms with Gasteiger partial charge < -0.3 is 10.6 Å². The van der Waals surface area contributed by atoms with Gasteiger partial charge in [-0.3, -0.25) is 0 Å². The monoisotopic (exact) mass is 270 g/mol. The molecular formula is C18H26N2. The molecule has 1 aromatic carbocycles. The highest BCUT2D eigenvalue weighted by atomic mass is 15.1. The summed E-state index contributed by atoms with van der Waals surface area (Å²) in [6, 6.07) is 13.3. The third-order valence-corrected chi connectivity index (χ3v) is 5.59. The Morgan fingerprint density at radius 1 is 1.05 bits per heavy atom. The molecule has 0 spiro atoms. The standard InChI is InChI=1S/C18H26N2/c1-2-6-13(7-3-1)16-11-18(16)19-12-15-10-14-8-4-5-9-17(14)20-15/h1-3,6-7,14-20H,4-5,8-12H2. The molecule has 0 radical (unpaired) electrons. The first-order valence-corrected chi connectivity index (χ1v) is 8.44. The fourth-order valence-electron chi connectivity index (χ4n) is 4.37. The SMILES string of the molecule is c1ccc(C2CC2NCC2CC3CCCCC3N2)cc1. The van der Waals surface area contributed by atoms with Crippen LogP contribution in [-0.4, -0.2) is 24.7 Å². The van der Waals surface area contributed by atoms with Crippen LogP contribution >= 0.6 is 0 Å². The molecule has 3 fully saturated rings. The molecule has 1 aliphatic heterocycles. The van der Waals surface area contributed by atoms with Crippen molar-refractivity contribution in [3.05, 3.63) is 35.9 Å². The van der Waals surface area contributed by atoms with Gasteiger partial charge in [-0.1, -0.05) is 43.2 Å². The molecule has 2 saturated carbocycles. The third-order valence-electron chi connectivity index (χ3n) is 5.59. The molecular weight excluding hydrogens is 244 g/mol. The molecule has 0 aromatic heterocycles. The summed E-state index contributed by atoms with van der Waals surface area (Å²) in [4.78, 5) is 0. The first-order valence-electron chi connectivity index (χ1n) is 8.44. The maximum absolute atomic E-state index is 3.87. The van der Waals surface area contributed by atoms with E-state index in [2.05, 4.69) is 41.0 Å². The first kappa shape index (κ1) is 12.8. The largest absolute Gasteiger partial charge is 0.312 e. The van der Waals surface area contributed by atoms with Crippen LogP contribution in [0.4, 0.5) is 0 Å². The van der Waals surface area contributed by atoms with Crippen LogP contribution in [0.2, 0.25) is 0 Å². The normalized spacial score (nSPS) is 39.5. The van der Waals surface area contributed by atoms with E-state index in [-0.39, 0.29) is 0 Å². The van der Waals surface area contributed by atoms with Gasteiger partial charge in [-0.2, -0.15) is 0 Å². The minimum Gasteiger partial charge on any atom is -0.312 e. The van der Waals surface area contributed by atoms with Crippen molar-refractivity contribution in [2.75, 3.05) is 6.54 Å². The average Bonchev–Trinajstić information content (AvgIpc) is 3.16. The van der Waals surface area contributed by atoms with Crippen molar-refractivity contribution in [2.24, 2.45) is 5.92 Å². The van der Waals surface area contributed by atoms with E-state index >= 15 is 0 Å². The first-order chi connectivity index (χ1) is 9.90. The van der Waals surface area contributed by atoms with Crippen molar-refractivity contribution >= 4 is 0 Å². The summed E-state index contributed by atoms with van der Waals surface area (Å²) in [6.07, 6.45) is 8.50.